The standard InChI is InChI=1S/C62H39N3O/c1-3-15-40(16-4-1)41-30-32-42(33-31-41)43-34-36-45(37-35-43)61-64-57(44-17-5-2-6-18-44)39-58(65-61)51-23-12-28-55-60(51)66-59-50(46-21-13-29-56-49(46)24-14-38-63-56)22-11-27-54(59)62(55)52-25-9-7-19-47(52)48-20-8-10-26-53(48)62/h1-39H. The maximum absolute atomic E-state index is 7.53. The predicted octanol–water partition coefficient (Wildman–Crippen LogP) is 15.5. The number of hydrogen-bond donors (Lipinski definition) is 0. The van der Waals surface area contributed by atoms with Crippen LogP contribution in [0.2, 0.25) is 0 Å². The third-order valence-corrected chi connectivity index (χ3v) is 13.5. The first kappa shape index (κ1) is 37.8. The lowest BCUT2D eigenvalue weighted by Gasteiger charge is -2.40. The molecule has 0 amide bonds. The van der Waals surface area contributed by atoms with Gasteiger partial charge in [0.15, 0.2) is 5.82 Å². The Morgan fingerprint density at radius 1 is 0.318 bits per heavy atom. The molecule has 66 heavy (non-hydrogen) atoms. The van der Waals surface area contributed by atoms with E-state index in [-0.39, 0.29) is 0 Å². The zero-order chi connectivity index (χ0) is 43.6. The Bertz CT molecular complexity index is 3610. The van der Waals surface area contributed by atoms with E-state index >= 15 is 0 Å². The lowest BCUT2D eigenvalue weighted by Crippen LogP contribution is -2.32. The summed E-state index contributed by atoms with van der Waals surface area (Å²) in [4.78, 5) is 15.4. The van der Waals surface area contributed by atoms with Gasteiger partial charge in [0, 0.05) is 45.0 Å². The summed E-state index contributed by atoms with van der Waals surface area (Å²) >= 11 is 0. The minimum atomic E-state index is -0.682. The second kappa shape index (κ2) is 15.2. The highest BCUT2D eigenvalue weighted by Crippen LogP contribution is 2.64. The summed E-state index contributed by atoms with van der Waals surface area (Å²) in [5.74, 6) is 2.24. The Kier molecular flexibility index (Phi) is 8.72. The van der Waals surface area contributed by atoms with Crippen molar-refractivity contribution in [3.8, 4) is 89.9 Å². The normalized spacial score (nSPS) is 12.8. The van der Waals surface area contributed by atoms with Gasteiger partial charge < -0.3 is 4.74 Å². The van der Waals surface area contributed by atoms with Crippen molar-refractivity contribution in [1.29, 1.82) is 0 Å². The highest BCUT2D eigenvalue weighted by atomic mass is 16.5. The molecule has 13 rings (SSSR count). The van der Waals surface area contributed by atoms with Crippen LogP contribution in [-0.2, 0) is 5.41 Å². The summed E-state index contributed by atoms with van der Waals surface area (Å²) in [7, 11) is 0. The van der Waals surface area contributed by atoms with Crippen LogP contribution in [0.4, 0.5) is 0 Å². The third kappa shape index (κ3) is 5.89. The van der Waals surface area contributed by atoms with Crippen molar-refractivity contribution in [2.75, 3.05) is 0 Å². The van der Waals surface area contributed by atoms with E-state index in [0.717, 1.165) is 83.9 Å². The maximum Gasteiger partial charge on any atom is 0.160 e. The molecule has 0 N–H and O–H groups in total. The first-order valence-electron chi connectivity index (χ1n) is 22.4. The van der Waals surface area contributed by atoms with Gasteiger partial charge in [0.05, 0.1) is 22.3 Å². The van der Waals surface area contributed by atoms with Gasteiger partial charge in [0.2, 0.25) is 0 Å². The number of rotatable bonds is 6. The number of nitrogens with zero attached hydrogens (tertiary/aromatic N) is 3. The van der Waals surface area contributed by atoms with Gasteiger partial charge in [-0.05, 0) is 74.3 Å². The molecule has 1 aliphatic heterocycles. The number of para-hydroxylation sites is 2. The van der Waals surface area contributed by atoms with Crippen LogP contribution in [0.3, 0.4) is 0 Å². The van der Waals surface area contributed by atoms with Crippen LogP contribution in [0.1, 0.15) is 22.3 Å². The largest absolute Gasteiger partial charge is 0.455 e. The molecular formula is C62H39N3O. The van der Waals surface area contributed by atoms with Crippen LogP contribution >= 0.6 is 0 Å². The third-order valence-electron chi connectivity index (χ3n) is 13.5. The molecule has 0 atom stereocenters. The monoisotopic (exact) mass is 841 g/mol. The molecule has 9 aromatic carbocycles. The Labute approximate surface area is 383 Å². The molecule has 2 aromatic heterocycles. The van der Waals surface area contributed by atoms with Crippen LogP contribution in [-0.4, -0.2) is 15.0 Å². The van der Waals surface area contributed by atoms with Gasteiger partial charge in [-0.25, -0.2) is 9.97 Å². The molecule has 4 heteroatoms. The zero-order valence-electron chi connectivity index (χ0n) is 35.8. The second-order valence-electron chi connectivity index (χ2n) is 17.0. The van der Waals surface area contributed by atoms with E-state index in [1.54, 1.807) is 0 Å². The van der Waals surface area contributed by atoms with Crippen molar-refractivity contribution in [2.24, 2.45) is 0 Å². The molecule has 308 valence electrons. The van der Waals surface area contributed by atoms with Crippen molar-refractivity contribution in [1.82, 2.24) is 15.0 Å². The minimum Gasteiger partial charge on any atom is -0.455 e. The predicted molar refractivity (Wildman–Crippen MR) is 267 cm³/mol. The Hall–Kier alpha value is -8.73. The molecule has 4 nitrogen and oxygen atoms in total. The van der Waals surface area contributed by atoms with E-state index < -0.39 is 5.41 Å². The van der Waals surface area contributed by atoms with Crippen molar-refractivity contribution in [2.45, 2.75) is 5.41 Å². The fourth-order valence-electron chi connectivity index (χ4n) is 10.5. The molecule has 0 fully saturated rings. The van der Waals surface area contributed by atoms with Gasteiger partial charge >= 0.3 is 0 Å². The average molecular weight is 842 g/mol. The fraction of sp³-hybridized carbons (Fsp3) is 0.0161. The number of benzene rings is 9. The molecule has 0 saturated carbocycles. The summed E-state index contributed by atoms with van der Waals surface area (Å²) in [5.41, 5.74) is 18.5. The molecule has 0 radical (unpaired) electrons. The zero-order valence-corrected chi connectivity index (χ0v) is 35.8. The minimum absolute atomic E-state index is 0.640. The number of ether oxygens (including phenoxy) is 1. The number of aromatic nitrogens is 3. The second-order valence-corrected chi connectivity index (χ2v) is 17.0. The molecule has 11 aromatic rings. The van der Waals surface area contributed by atoms with E-state index in [1.807, 2.05) is 24.4 Å². The van der Waals surface area contributed by atoms with E-state index in [4.69, 9.17) is 19.7 Å². The fourth-order valence-corrected chi connectivity index (χ4v) is 10.5. The molecule has 3 heterocycles. The molecule has 2 aliphatic rings. The first-order valence-corrected chi connectivity index (χ1v) is 22.4. The van der Waals surface area contributed by atoms with E-state index in [9.17, 15) is 0 Å². The SMILES string of the molecule is c1ccc(-c2ccc(-c3ccc(-c4nc(-c5ccccc5)cc(-c5cccc6c5Oc5c(-c7cccc8ncccc78)cccc5C65c6ccccc6-c6ccccc65)n4)cc3)cc2)cc1. The van der Waals surface area contributed by atoms with Gasteiger partial charge in [-0.2, -0.15) is 0 Å². The van der Waals surface area contributed by atoms with Crippen molar-refractivity contribution >= 4 is 10.9 Å². The van der Waals surface area contributed by atoms with Crippen LogP contribution in [0.5, 0.6) is 11.5 Å². The quantitative estimate of drug-likeness (QED) is 0.167. The van der Waals surface area contributed by atoms with Crippen molar-refractivity contribution in [3.05, 3.63) is 259 Å². The molecule has 1 aliphatic carbocycles. The number of hydrogen-bond acceptors (Lipinski definition) is 4. The average Bonchev–Trinajstić information content (AvgIpc) is 3.69. The lowest BCUT2D eigenvalue weighted by atomic mass is 9.65. The van der Waals surface area contributed by atoms with Crippen LogP contribution < -0.4 is 4.74 Å². The van der Waals surface area contributed by atoms with E-state index in [1.165, 1.54) is 33.4 Å². The lowest BCUT2D eigenvalue weighted by molar-refractivity contribution is 0.439. The van der Waals surface area contributed by atoms with Crippen molar-refractivity contribution < 1.29 is 4.74 Å². The summed E-state index contributed by atoms with van der Waals surface area (Å²) in [6, 6.07) is 81.8. The molecule has 0 unspecified atom stereocenters. The Morgan fingerprint density at radius 3 is 1.44 bits per heavy atom. The van der Waals surface area contributed by atoms with Gasteiger partial charge in [0.25, 0.3) is 0 Å². The number of pyridine rings is 1. The summed E-state index contributed by atoms with van der Waals surface area (Å²) in [6.45, 7) is 0. The van der Waals surface area contributed by atoms with Crippen LogP contribution in [0.25, 0.3) is 89.3 Å². The van der Waals surface area contributed by atoms with E-state index in [2.05, 4.69) is 212 Å². The molecule has 0 saturated heterocycles. The van der Waals surface area contributed by atoms with Crippen molar-refractivity contribution in [3.63, 3.8) is 0 Å². The summed E-state index contributed by atoms with van der Waals surface area (Å²) in [6.07, 6.45) is 1.85. The smallest absolute Gasteiger partial charge is 0.160 e. The Morgan fingerprint density at radius 2 is 0.788 bits per heavy atom. The number of fused-ring (bicyclic) bond motifs is 10. The van der Waals surface area contributed by atoms with E-state index in [0.29, 0.717) is 5.82 Å². The van der Waals surface area contributed by atoms with Gasteiger partial charge in [-0.1, -0.05) is 206 Å². The Balaban J connectivity index is 1.01. The first-order chi connectivity index (χ1) is 32.7. The highest BCUT2D eigenvalue weighted by Gasteiger charge is 2.52. The van der Waals surface area contributed by atoms with Gasteiger partial charge in [-0.15, -0.1) is 0 Å². The topological polar surface area (TPSA) is 47.9 Å². The molecular weight excluding hydrogens is 803 g/mol. The maximum atomic E-state index is 7.53. The van der Waals surface area contributed by atoms with Gasteiger partial charge in [-0.3, -0.25) is 4.98 Å². The molecule has 1 spiro atoms. The van der Waals surface area contributed by atoms with Crippen LogP contribution in [0.15, 0.2) is 237 Å². The molecule has 0 bridgehead atoms. The van der Waals surface area contributed by atoms with Gasteiger partial charge in [0.1, 0.15) is 11.5 Å². The summed E-state index contributed by atoms with van der Waals surface area (Å²) < 4.78 is 7.53. The summed E-state index contributed by atoms with van der Waals surface area (Å²) in [5, 5.41) is 1.07. The van der Waals surface area contributed by atoms with Crippen LogP contribution in [0, 0.1) is 0 Å². The highest BCUT2D eigenvalue weighted by molar-refractivity contribution is 5.99.